The van der Waals surface area contributed by atoms with Gasteiger partial charge in [-0.15, -0.1) is 0 Å². The van der Waals surface area contributed by atoms with E-state index in [1.165, 1.54) is 36.9 Å². The summed E-state index contributed by atoms with van der Waals surface area (Å²) in [7, 11) is 0. The molecular formula is C26H36N2O. The largest absolute Gasteiger partial charge is 0.342 e. The predicted molar refractivity (Wildman–Crippen MR) is 121 cm³/mol. The van der Waals surface area contributed by atoms with Crippen molar-refractivity contribution in [3.63, 3.8) is 0 Å². The van der Waals surface area contributed by atoms with Crippen molar-refractivity contribution >= 4 is 5.91 Å². The smallest absolute Gasteiger partial charge is 0.222 e. The van der Waals surface area contributed by atoms with E-state index in [2.05, 4.69) is 64.4 Å². The van der Waals surface area contributed by atoms with Gasteiger partial charge in [0.05, 0.1) is 0 Å². The summed E-state index contributed by atoms with van der Waals surface area (Å²) in [6.07, 6.45) is 6.44. The molecule has 2 aromatic carbocycles. The van der Waals surface area contributed by atoms with Gasteiger partial charge in [0.25, 0.3) is 0 Å². The van der Waals surface area contributed by atoms with E-state index in [0.29, 0.717) is 18.2 Å². The van der Waals surface area contributed by atoms with Crippen LogP contribution in [0.1, 0.15) is 43.7 Å². The summed E-state index contributed by atoms with van der Waals surface area (Å²) >= 11 is 0. The third-order valence-corrected chi connectivity index (χ3v) is 6.06. The molecule has 3 rings (SSSR count). The minimum atomic E-state index is 0.293. The van der Waals surface area contributed by atoms with Crippen molar-refractivity contribution in [2.24, 2.45) is 5.92 Å². The third-order valence-electron chi connectivity index (χ3n) is 6.06. The summed E-state index contributed by atoms with van der Waals surface area (Å²) in [4.78, 5) is 17.3. The van der Waals surface area contributed by atoms with Crippen molar-refractivity contribution < 1.29 is 4.79 Å². The first-order valence-corrected chi connectivity index (χ1v) is 11.3. The number of benzene rings is 2. The lowest BCUT2D eigenvalue weighted by Gasteiger charge is -2.30. The fraction of sp³-hybridized carbons (Fsp3) is 0.500. The van der Waals surface area contributed by atoms with Crippen LogP contribution in [0.3, 0.4) is 0 Å². The van der Waals surface area contributed by atoms with Gasteiger partial charge in [0.2, 0.25) is 5.91 Å². The van der Waals surface area contributed by atoms with Gasteiger partial charge in [-0.3, -0.25) is 4.79 Å². The molecule has 3 nitrogen and oxygen atoms in total. The molecule has 1 unspecified atom stereocenters. The Kier molecular flexibility index (Phi) is 8.76. The van der Waals surface area contributed by atoms with Crippen LogP contribution in [0.25, 0.3) is 0 Å². The molecule has 1 fully saturated rings. The second-order valence-corrected chi connectivity index (χ2v) is 8.33. The van der Waals surface area contributed by atoms with E-state index in [4.69, 9.17) is 0 Å². The van der Waals surface area contributed by atoms with Crippen LogP contribution in [-0.2, 0) is 17.6 Å². The van der Waals surface area contributed by atoms with Gasteiger partial charge in [0.15, 0.2) is 0 Å². The van der Waals surface area contributed by atoms with Crippen LogP contribution >= 0.6 is 0 Å². The van der Waals surface area contributed by atoms with Crippen LogP contribution in [0.5, 0.6) is 0 Å². The second-order valence-electron chi connectivity index (χ2n) is 8.33. The van der Waals surface area contributed by atoms with E-state index in [1.54, 1.807) is 0 Å². The second kappa shape index (κ2) is 11.8. The molecule has 0 radical (unpaired) electrons. The Morgan fingerprint density at radius 2 is 1.62 bits per heavy atom. The van der Waals surface area contributed by atoms with Crippen molar-refractivity contribution in [2.75, 3.05) is 32.7 Å². The first-order valence-electron chi connectivity index (χ1n) is 11.3. The topological polar surface area (TPSA) is 23.6 Å². The Labute approximate surface area is 176 Å². The lowest BCUT2D eigenvalue weighted by atomic mass is 10.0. The van der Waals surface area contributed by atoms with E-state index in [1.807, 2.05) is 13.0 Å². The van der Waals surface area contributed by atoms with Crippen LogP contribution in [0, 0.1) is 5.92 Å². The van der Waals surface area contributed by atoms with E-state index in [-0.39, 0.29) is 0 Å². The maximum Gasteiger partial charge on any atom is 0.222 e. The van der Waals surface area contributed by atoms with Gasteiger partial charge in [-0.25, -0.2) is 0 Å². The Hall–Kier alpha value is -2.13. The highest BCUT2D eigenvalue weighted by molar-refractivity contribution is 5.75. The van der Waals surface area contributed by atoms with Gasteiger partial charge < -0.3 is 9.80 Å². The van der Waals surface area contributed by atoms with Gasteiger partial charge in [-0.2, -0.15) is 0 Å². The van der Waals surface area contributed by atoms with Gasteiger partial charge in [0, 0.05) is 32.6 Å². The zero-order chi connectivity index (χ0) is 20.3. The highest BCUT2D eigenvalue weighted by atomic mass is 16.2. The van der Waals surface area contributed by atoms with Crippen LogP contribution in [0.4, 0.5) is 0 Å². The van der Waals surface area contributed by atoms with E-state index in [9.17, 15) is 4.79 Å². The van der Waals surface area contributed by atoms with E-state index >= 15 is 0 Å². The zero-order valence-corrected chi connectivity index (χ0v) is 17.9. The molecule has 1 amide bonds. The van der Waals surface area contributed by atoms with Crippen LogP contribution in [-0.4, -0.2) is 48.4 Å². The fourth-order valence-corrected chi connectivity index (χ4v) is 4.36. The maximum absolute atomic E-state index is 12.6. The molecule has 1 aliphatic heterocycles. The number of carbonyl (C=O) groups is 1. The molecule has 0 N–H and O–H groups in total. The maximum atomic E-state index is 12.6. The average Bonchev–Trinajstić information content (AvgIpc) is 3.01. The molecule has 0 bridgehead atoms. The molecule has 1 saturated heterocycles. The van der Waals surface area contributed by atoms with E-state index < -0.39 is 0 Å². The summed E-state index contributed by atoms with van der Waals surface area (Å²) in [5.74, 6) is 0.876. The number of carbonyl (C=O) groups excluding carboxylic acids is 1. The van der Waals surface area contributed by atoms with Gasteiger partial charge in [-0.1, -0.05) is 74.0 Å². The Morgan fingerprint density at radius 1 is 0.966 bits per heavy atom. The Bertz CT molecular complexity index is 716. The highest BCUT2D eigenvalue weighted by Crippen LogP contribution is 2.19. The SMILES string of the molecule is CCC(=O)N(CCc1ccccc1)CC1CCCCN(CCc2ccccc2)C1. The fourth-order valence-electron chi connectivity index (χ4n) is 4.36. The minimum absolute atomic E-state index is 0.293. The molecule has 1 heterocycles. The molecule has 0 spiro atoms. The number of likely N-dealkylation sites (tertiary alicyclic amines) is 1. The molecule has 0 saturated carbocycles. The standard InChI is InChI=1S/C26H36N2O/c1-2-26(29)28(20-17-24-13-7-4-8-14-24)22-25-15-9-10-18-27(21-25)19-16-23-11-5-3-6-12-23/h3-8,11-14,25H,2,9-10,15-22H2,1H3. The molecule has 0 aromatic heterocycles. The molecular weight excluding hydrogens is 356 g/mol. The predicted octanol–water partition coefficient (Wildman–Crippen LogP) is 4.81. The van der Waals surface area contributed by atoms with Crippen LogP contribution in [0.15, 0.2) is 60.7 Å². The molecule has 0 aliphatic carbocycles. The van der Waals surface area contributed by atoms with Gasteiger partial charge in [-0.05, 0) is 49.3 Å². The Morgan fingerprint density at radius 3 is 2.28 bits per heavy atom. The number of rotatable bonds is 9. The van der Waals surface area contributed by atoms with Gasteiger partial charge in [0.1, 0.15) is 0 Å². The summed E-state index contributed by atoms with van der Waals surface area (Å²) < 4.78 is 0. The average molecular weight is 393 g/mol. The normalized spacial score (nSPS) is 17.6. The van der Waals surface area contributed by atoms with Crippen LogP contribution in [0.2, 0.25) is 0 Å². The quantitative estimate of drug-likeness (QED) is 0.611. The molecule has 29 heavy (non-hydrogen) atoms. The monoisotopic (exact) mass is 392 g/mol. The Balaban J connectivity index is 1.54. The van der Waals surface area contributed by atoms with Crippen molar-refractivity contribution in [1.82, 2.24) is 9.80 Å². The van der Waals surface area contributed by atoms with Crippen molar-refractivity contribution in [3.05, 3.63) is 71.8 Å². The number of hydrogen-bond acceptors (Lipinski definition) is 2. The lowest BCUT2D eigenvalue weighted by molar-refractivity contribution is -0.131. The molecule has 2 aromatic rings. The van der Waals surface area contributed by atoms with E-state index in [0.717, 1.165) is 39.0 Å². The van der Waals surface area contributed by atoms with Crippen molar-refractivity contribution in [3.8, 4) is 0 Å². The summed E-state index contributed by atoms with van der Waals surface area (Å²) in [5.41, 5.74) is 2.73. The number of hydrogen-bond donors (Lipinski definition) is 0. The summed E-state index contributed by atoms with van der Waals surface area (Å²) in [6, 6.07) is 21.3. The third kappa shape index (κ3) is 7.32. The molecule has 1 atom stereocenters. The van der Waals surface area contributed by atoms with Crippen molar-refractivity contribution in [2.45, 2.75) is 45.4 Å². The summed E-state index contributed by atoms with van der Waals surface area (Å²) in [5, 5.41) is 0. The molecule has 156 valence electrons. The van der Waals surface area contributed by atoms with Crippen molar-refractivity contribution in [1.29, 1.82) is 0 Å². The number of nitrogens with zero attached hydrogens (tertiary/aromatic N) is 2. The molecule has 3 heteroatoms. The first-order chi connectivity index (χ1) is 14.2. The zero-order valence-electron chi connectivity index (χ0n) is 17.9. The first kappa shape index (κ1) is 21.6. The summed E-state index contributed by atoms with van der Waals surface area (Å²) in [6.45, 7) is 7.14. The molecule has 1 aliphatic rings. The van der Waals surface area contributed by atoms with Crippen LogP contribution < -0.4 is 0 Å². The highest BCUT2D eigenvalue weighted by Gasteiger charge is 2.22. The minimum Gasteiger partial charge on any atom is -0.342 e. The lowest BCUT2D eigenvalue weighted by Crippen LogP contribution is -2.40. The van der Waals surface area contributed by atoms with Gasteiger partial charge >= 0.3 is 0 Å². The number of amides is 1.